The predicted octanol–water partition coefficient (Wildman–Crippen LogP) is 9.85. The average molecular weight is 654 g/mol. The Morgan fingerprint density at radius 2 is 0.660 bits per heavy atom. The number of rotatable bonds is 7. The second-order valence-corrected chi connectivity index (χ2v) is 16.7. The summed E-state index contributed by atoms with van der Waals surface area (Å²) in [7, 11) is -2.55. The molecule has 0 amide bonds. The van der Waals surface area contributed by atoms with Crippen molar-refractivity contribution in [2.45, 2.75) is 0 Å². The molecular formula is C48H35NSi. The van der Waals surface area contributed by atoms with Crippen LogP contribution in [0.3, 0.4) is 0 Å². The molecule has 0 aromatic heterocycles. The molecule has 0 saturated carbocycles. The minimum Gasteiger partial charge on any atom is -0.310 e. The molecule has 236 valence electrons. The van der Waals surface area contributed by atoms with Gasteiger partial charge in [-0.1, -0.05) is 176 Å². The molecule has 1 heterocycles. The molecular weight excluding hydrogens is 619 g/mol. The first-order valence-corrected chi connectivity index (χ1v) is 19.3. The van der Waals surface area contributed by atoms with Crippen molar-refractivity contribution >= 4 is 45.9 Å². The normalized spacial score (nSPS) is 12.6. The molecule has 0 spiro atoms. The summed E-state index contributed by atoms with van der Waals surface area (Å²) in [6.07, 6.45) is 0. The van der Waals surface area contributed by atoms with Gasteiger partial charge in [0.05, 0.1) is 0 Å². The lowest BCUT2D eigenvalue weighted by atomic mass is 10.0. The van der Waals surface area contributed by atoms with Crippen LogP contribution in [0.15, 0.2) is 212 Å². The van der Waals surface area contributed by atoms with Crippen molar-refractivity contribution in [3.8, 4) is 33.4 Å². The van der Waals surface area contributed by atoms with Crippen LogP contribution in [-0.4, -0.2) is 8.07 Å². The SMILES string of the molecule is c1ccc(-c2ccc(N(c3ccc(-c4ccccc4)cc3)c3ccc4c(c3)-c3ccccc3[Si]4(c3ccccc3)c3ccccc3)cc2)cc1. The van der Waals surface area contributed by atoms with Gasteiger partial charge in [-0.3, -0.25) is 0 Å². The number of hydrogen-bond donors (Lipinski definition) is 0. The lowest BCUT2D eigenvalue weighted by Gasteiger charge is -2.32. The van der Waals surface area contributed by atoms with Crippen molar-refractivity contribution < 1.29 is 0 Å². The van der Waals surface area contributed by atoms with Crippen LogP contribution in [0.4, 0.5) is 17.1 Å². The summed E-state index contributed by atoms with van der Waals surface area (Å²) in [5.41, 5.74) is 10.9. The molecule has 0 bridgehead atoms. The van der Waals surface area contributed by atoms with Gasteiger partial charge in [-0.2, -0.15) is 0 Å². The van der Waals surface area contributed by atoms with Gasteiger partial charge in [0.2, 0.25) is 0 Å². The van der Waals surface area contributed by atoms with E-state index in [-0.39, 0.29) is 0 Å². The van der Waals surface area contributed by atoms with E-state index < -0.39 is 8.07 Å². The van der Waals surface area contributed by atoms with Gasteiger partial charge in [-0.05, 0) is 90.5 Å². The Bertz CT molecular complexity index is 2260. The molecule has 8 aromatic carbocycles. The van der Waals surface area contributed by atoms with Gasteiger partial charge < -0.3 is 4.90 Å². The Kier molecular flexibility index (Phi) is 7.57. The molecule has 0 saturated heterocycles. The maximum absolute atomic E-state index is 2.55. The van der Waals surface area contributed by atoms with E-state index in [0.29, 0.717) is 0 Å². The standard InChI is InChI=1S/C48H35NSi/c1-5-15-36(16-6-1)38-25-29-40(30-26-38)49(41-31-27-39(28-32-41)37-17-7-2-8-18-37)42-33-34-48-46(35-42)45-23-13-14-24-47(45)50(48,43-19-9-3-10-20-43)44-21-11-4-12-22-44/h1-35H. The lowest BCUT2D eigenvalue weighted by Crippen LogP contribution is -2.72. The first-order chi connectivity index (χ1) is 24.8. The summed E-state index contributed by atoms with van der Waals surface area (Å²) >= 11 is 0. The van der Waals surface area contributed by atoms with Gasteiger partial charge in [-0.15, -0.1) is 0 Å². The number of fused-ring (bicyclic) bond motifs is 3. The van der Waals surface area contributed by atoms with E-state index in [0.717, 1.165) is 17.1 Å². The fourth-order valence-electron chi connectivity index (χ4n) is 7.89. The van der Waals surface area contributed by atoms with Crippen molar-refractivity contribution in [1.29, 1.82) is 0 Å². The van der Waals surface area contributed by atoms with Crippen molar-refractivity contribution in [3.63, 3.8) is 0 Å². The molecule has 1 aliphatic rings. The molecule has 0 atom stereocenters. The van der Waals surface area contributed by atoms with Crippen molar-refractivity contribution in [2.24, 2.45) is 0 Å². The minimum atomic E-state index is -2.55. The van der Waals surface area contributed by atoms with Gasteiger partial charge in [0.15, 0.2) is 8.07 Å². The van der Waals surface area contributed by atoms with Crippen LogP contribution >= 0.6 is 0 Å². The molecule has 2 heteroatoms. The quantitative estimate of drug-likeness (QED) is 0.155. The molecule has 0 aliphatic carbocycles. The van der Waals surface area contributed by atoms with Crippen LogP contribution in [0.2, 0.25) is 0 Å². The number of benzene rings is 8. The molecule has 9 rings (SSSR count). The highest BCUT2D eigenvalue weighted by molar-refractivity contribution is 7.22. The Morgan fingerprint density at radius 1 is 0.280 bits per heavy atom. The van der Waals surface area contributed by atoms with Gasteiger partial charge >= 0.3 is 0 Å². The van der Waals surface area contributed by atoms with E-state index in [1.165, 1.54) is 54.1 Å². The molecule has 0 N–H and O–H groups in total. The third-order valence-corrected chi connectivity index (χ3v) is 15.1. The third-order valence-electron chi connectivity index (χ3n) is 10.2. The highest BCUT2D eigenvalue weighted by Gasteiger charge is 2.48. The van der Waals surface area contributed by atoms with Gasteiger partial charge in [0.1, 0.15) is 0 Å². The molecule has 0 unspecified atom stereocenters. The topological polar surface area (TPSA) is 3.24 Å². The number of anilines is 3. The van der Waals surface area contributed by atoms with Crippen LogP contribution in [0.1, 0.15) is 0 Å². The van der Waals surface area contributed by atoms with E-state index in [1.807, 2.05) is 0 Å². The van der Waals surface area contributed by atoms with Crippen molar-refractivity contribution in [2.75, 3.05) is 4.90 Å². The summed E-state index contributed by atoms with van der Waals surface area (Å²) in [4.78, 5) is 2.40. The van der Waals surface area contributed by atoms with Gasteiger partial charge in [0, 0.05) is 17.1 Å². The van der Waals surface area contributed by atoms with E-state index in [1.54, 1.807) is 0 Å². The van der Waals surface area contributed by atoms with Gasteiger partial charge in [-0.25, -0.2) is 0 Å². The molecule has 50 heavy (non-hydrogen) atoms. The molecule has 1 aliphatic heterocycles. The van der Waals surface area contributed by atoms with E-state index in [2.05, 4.69) is 217 Å². The molecule has 0 radical (unpaired) electrons. The van der Waals surface area contributed by atoms with Crippen LogP contribution < -0.4 is 25.6 Å². The Labute approximate surface area is 295 Å². The summed E-state index contributed by atoms with van der Waals surface area (Å²) in [6, 6.07) is 77.9. The van der Waals surface area contributed by atoms with Crippen molar-refractivity contribution in [3.05, 3.63) is 212 Å². The fraction of sp³-hybridized carbons (Fsp3) is 0. The largest absolute Gasteiger partial charge is 0.310 e. The van der Waals surface area contributed by atoms with E-state index in [9.17, 15) is 0 Å². The van der Waals surface area contributed by atoms with Crippen molar-refractivity contribution in [1.82, 2.24) is 0 Å². The van der Waals surface area contributed by atoms with E-state index >= 15 is 0 Å². The highest BCUT2D eigenvalue weighted by Crippen LogP contribution is 2.39. The summed E-state index contributed by atoms with van der Waals surface area (Å²) in [6.45, 7) is 0. The Balaban J connectivity index is 1.23. The third kappa shape index (κ3) is 5.01. The smallest absolute Gasteiger partial charge is 0.180 e. The fourth-order valence-corrected chi connectivity index (χ4v) is 13.1. The zero-order valence-corrected chi connectivity index (χ0v) is 28.7. The summed E-state index contributed by atoms with van der Waals surface area (Å²) in [5, 5.41) is 5.72. The maximum Gasteiger partial charge on any atom is 0.180 e. The maximum atomic E-state index is 2.44. The van der Waals surface area contributed by atoms with Crippen LogP contribution in [-0.2, 0) is 0 Å². The Hall–Kier alpha value is -6.22. The van der Waals surface area contributed by atoms with Crippen LogP contribution in [0.5, 0.6) is 0 Å². The minimum absolute atomic E-state index is 1.12. The number of hydrogen-bond acceptors (Lipinski definition) is 1. The predicted molar refractivity (Wildman–Crippen MR) is 215 cm³/mol. The molecule has 8 aromatic rings. The van der Waals surface area contributed by atoms with E-state index in [4.69, 9.17) is 0 Å². The zero-order valence-electron chi connectivity index (χ0n) is 27.7. The Morgan fingerprint density at radius 3 is 1.16 bits per heavy atom. The zero-order chi connectivity index (χ0) is 33.3. The monoisotopic (exact) mass is 653 g/mol. The highest BCUT2D eigenvalue weighted by atomic mass is 28.3. The molecule has 0 fully saturated rings. The first kappa shape index (κ1) is 29.9. The van der Waals surface area contributed by atoms with Crippen LogP contribution in [0.25, 0.3) is 33.4 Å². The molecule has 1 nitrogen and oxygen atoms in total. The van der Waals surface area contributed by atoms with Gasteiger partial charge in [0.25, 0.3) is 0 Å². The first-order valence-electron chi connectivity index (χ1n) is 17.3. The van der Waals surface area contributed by atoms with Crippen LogP contribution in [0, 0.1) is 0 Å². The lowest BCUT2D eigenvalue weighted by molar-refractivity contribution is 1.29. The average Bonchev–Trinajstić information content (AvgIpc) is 3.50. The second kappa shape index (κ2) is 12.7. The summed E-state index contributed by atoms with van der Waals surface area (Å²) < 4.78 is 0. The summed E-state index contributed by atoms with van der Waals surface area (Å²) in [5.74, 6) is 0. The number of nitrogens with zero attached hydrogens (tertiary/aromatic N) is 1. The second-order valence-electron chi connectivity index (χ2n) is 12.9.